The maximum absolute atomic E-state index is 11.7. The summed E-state index contributed by atoms with van der Waals surface area (Å²) in [6.07, 6.45) is 4.84. The lowest BCUT2D eigenvalue weighted by Crippen LogP contribution is -2.37. The van der Waals surface area contributed by atoms with Gasteiger partial charge in [0.25, 0.3) is 0 Å². The van der Waals surface area contributed by atoms with Crippen molar-refractivity contribution in [2.45, 2.75) is 38.8 Å². The monoisotopic (exact) mass is 236 g/mol. The SMILES string of the molecule is CCC(=O)N1CCC[C@@H]1Cn1cc(C=O)nn1. The Balaban J connectivity index is 2.02. The van der Waals surface area contributed by atoms with Crippen LogP contribution in [0.3, 0.4) is 0 Å². The minimum absolute atomic E-state index is 0.184. The van der Waals surface area contributed by atoms with E-state index in [1.807, 2.05) is 11.8 Å². The van der Waals surface area contributed by atoms with Gasteiger partial charge in [0.15, 0.2) is 6.29 Å². The lowest BCUT2D eigenvalue weighted by atomic mass is 10.2. The molecule has 1 aromatic heterocycles. The molecule has 2 heterocycles. The molecule has 0 spiro atoms. The summed E-state index contributed by atoms with van der Waals surface area (Å²) in [5.74, 6) is 0.184. The van der Waals surface area contributed by atoms with Crippen molar-refractivity contribution >= 4 is 12.2 Å². The number of amides is 1. The van der Waals surface area contributed by atoms with Crippen molar-refractivity contribution < 1.29 is 9.59 Å². The summed E-state index contributed by atoms with van der Waals surface area (Å²) in [6.45, 7) is 3.32. The molecule has 2 rings (SSSR count). The molecule has 1 aliphatic heterocycles. The van der Waals surface area contributed by atoms with Crippen molar-refractivity contribution in [3.63, 3.8) is 0 Å². The summed E-state index contributed by atoms with van der Waals surface area (Å²) in [7, 11) is 0. The third kappa shape index (κ3) is 2.51. The van der Waals surface area contributed by atoms with Crippen LogP contribution in [-0.4, -0.2) is 44.7 Å². The standard InChI is InChI=1S/C11H16N4O2/c1-2-11(17)15-5-3-4-10(15)7-14-6-9(8-16)12-13-14/h6,8,10H,2-5,7H2,1H3/t10-/m1/s1. The molecule has 0 aromatic carbocycles. The lowest BCUT2D eigenvalue weighted by Gasteiger charge is -2.23. The number of hydrogen-bond donors (Lipinski definition) is 0. The highest BCUT2D eigenvalue weighted by molar-refractivity contribution is 5.76. The summed E-state index contributed by atoms with van der Waals surface area (Å²) in [5, 5.41) is 7.58. The zero-order valence-electron chi connectivity index (χ0n) is 9.87. The highest BCUT2D eigenvalue weighted by Gasteiger charge is 2.28. The number of aldehydes is 1. The molecule has 1 amide bonds. The molecule has 1 aliphatic rings. The maximum Gasteiger partial charge on any atom is 0.222 e. The van der Waals surface area contributed by atoms with Gasteiger partial charge in [-0.05, 0) is 12.8 Å². The Kier molecular flexibility index (Phi) is 3.51. The molecule has 1 aromatic rings. The Morgan fingerprint density at radius 1 is 1.65 bits per heavy atom. The van der Waals surface area contributed by atoms with E-state index < -0.39 is 0 Å². The van der Waals surface area contributed by atoms with Crippen molar-refractivity contribution in [3.8, 4) is 0 Å². The maximum atomic E-state index is 11.7. The van der Waals surface area contributed by atoms with E-state index in [9.17, 15) is 9.59 Å². The largest absolute Gasteiger partial charge is 0.338 e. The molecule has 0 unspecified atom stereocenters. The highest BCUT2D eigenvalue weighted by Crippen LogP contribution is 2.19. The first-order valence-electron chi connectivity index (χ1n) is 5.89. The number of carbonyl (C=O) groups is 2. The number of aromatic nitrogens is 3. The van der Waals surface area contributed by atoms with Crippen molar-refractivity contribution in [3.05, 3.63) is 11.9 Å². The summed E-state index contributed by atoms with van der Waals surface area (Å²) in [4.78, 5) is 24.1. The minimum Gasteiger partial charge on any atom is -0.338 e. The zero-order chi connectivity index (χ0) is 12.3. The molecule has 0 saturated carbocycles. The van der Waals surface area contributed by atoms with Gasteiger partial charge >= 0.3 is 0 Å². The number of likely N-dealkylation sites (tertiary alicyclic amines) is 1. The predicted molar refractivity (Wildman–Crippen MR) is 60.4 cm³/mol. The average Bonchev–Trinajstić information content (AvgIpc) is 2.97. The van der Waals surface area contributed by atoms with Gasteiger partial charge in [0, 0.05) is 13.0 Å². The number of nitrogens with zero attached hydrogens (tertiary/aromatic N) is 4. The average molecular weight is 236 g/mol. The summed E-state index contributed by atoms with van der Waals surface area (Å²) >= 11 is 0. The van der Waals surface area contributed by atoms with Gasteiger partial charge < -0.3 is 4.90 Å². The van der Waals surface area contributed by atoms with E-state index in [0.29, 0.717) is 24.9 Å². The van der Waals surface area contributed by atoms with Gasteiger partial charge in [0.2, 0.25) is 5.91 Å². The Bertz CT molecular complexity index is 415. The van der Waals surface area contributed by atoms with Crippen molar-refractivity contribution in [2.75, 3.05) is 6.54 Å². The van der Waals surface area contributed by atoms with Crippen LogP contribution in [0.4, 0.5) is 0 Å². The lowest BCUT2D eigenvalue weighted by molar-refractivity contribution is -0.131. The normalized spacial score (nSPS) is 19.6. The smallest absolute Gasteiger partial charge is 0.222 e. The molecule has 6 nitrogen and oxygen atoms in total. The molecular weight excluding hydrogens is 220 g/mol. The summed E-state index contributed by atoms with van der Waals surface area (Å²) in [6, 6.07) is 0.184. The molecule has 92 valence electrons. The van der Waals surface area contributed by atoms with E-state index in [-0.39, 0.29) is 11.9 Å². The summed E-state index contributed by atoms with van der Waals surface area (Å²) in [5.41, 5.74) is 0.330. The topological polar surface area (TPSA) is 68.1 Å². The van der Waals surface area contributed by atoms with Crippen LogP contribution in [0.2, 0.25) is 0 Å². The number of rotatable bonds is 4. The van der Waals surface area contributed by atoms with E-state index in [2.05, 4.69) is 10.3 Å². The fraction of sp³-hybridized carbons (Fsp3) is 0.636. The van der Waals surface area contributed by atoms with Crippen molar-refractivity contribution in [1.82, 2.24) is 19.9 Å². The van der Waals surface area contributed by atoms with Gasteiger partial charge in [-0.25, -0.2) is 4.68 Å². The van der Waals surface area contributed by atoms with Gasteiger partial charge in [0.1, 0.15) is 5.69 Å². The van der Waals surface area contributed by atoms with Crippen molar-refractivity contribution in [2.24, 2.45) is 0 Å². The Morgan fingerprint density at radius 3 is 3.12 bits per heavy atom. The predicted octanol–water partition coefficient (Wildman–Crippen LogP) is 0.492. The van der Waals surface area contributed by atoms with Crippen LogP contribution in [0.5, 0.6) is 0 Å². The molecule has 6 heteroatoms. The second kappa shape index (κ2) is 5.07. The van der Waals surface area contributed by atoms with E-state index >= 15 is 0 Å². The van der Waals surface area contributed by atoms with Crippen LogP contribution in [0.15, 0.2) is 6.20 Å². The molecule has 0 radical (unpaired) electrons. The Hall–Kier alpha value is -1.72. The second-order valence-electron chi connectivity index (χ2n) is 4.22. The van der Waals surface area contributed by atoms with Gasteiger partial charge in [-0.2, -0.15) is 0 Å². The number of hydrogen-bond acceptors (Lipinski definition) is 4. The quantitative estimate of drug-likeness (QED) is 0.713. The molecule has 0 bridgehead atoms. The van der Waals surface area contributed by atoms with E-state index in [1.165, 1.54) is 0 Å². The van der Waals surface area contributed by atoms with E-state index in [1.54, 1.807) is 10.9 Å². The van der Waals surface area contributed by atoms with E-state index in [4.69, 9.17) is 0 Å². The van der Waals surface area contributed by atoms with Crippen LogP contribution in [0, 0.1) is 0 Å². The van der Waals surface area contributed by atoms with E-state index in [0.717, 1.165) is 19.4 Å². The highest BCUT2D eigenvalue weighted by atomic mass is 16.2. The first-order chi connectivity index (χ1) is 8.24. The molecule has 1 atom stereocenters. The fourth-order valence-corrected chi connectivity index (χ4v) is 2.23. The Labute approximate surface area is 99.6 Å². The summed E-state index contributed by atoms with van der Waals surface area (Å²) < 4.78 is 1.63. The first-order valence-corrected chi connectivity index (χ1v) is 5.89. The van der Waals surface area contributed by atoms with Crippen molar-refractivity contribution in [1.29, 1.82) is 0 Å². The molecule has 0 aliphatic carbocycles. The van der Waals surface area contributed by atoms with Gasteiger partial charge in [-0.3, -0.25) is 9.59 Å². The first kappa shape index (κ1) is 11.8. The molecule has 0 N–H and O–H groups in total. The third-order valence-electron chi connectivity index (χ3n) is 3.07. The third-order valence-corrected chi connectivity index (χ3v) is 3.07. The number of carbonyl (C=O) groups excluding carboxylic acids is 2. The van der Waals surface area contributed by atoms with Gasteiger partial charge in [-0.15, -0.1) is 5.10 Å². The molecule has 17 heavy (non-hydrogen) atoms. The van der Waals surface area contributed by atoms with Gasteiger partial charge in [-0.1, -0.05) is 12.1 Å². The second-order valence-corrected chi connectivity index (χ2v) is 4.22. The van der Waals surface area contributed by atoms with Crippen LogP contribution < -0.4 is 0 Å². The molecule has 1 fully saturated rings. The van der Waals surface area contributed by atoms with Crippen LogP contribution >= 0.6 is 0 Å². The molecular formula is C11H16N4O2. The van der Waals surface area contributed by atoms with Crippen LogP contribution in [-0.2, 0) is 11.3 Å². The molecule has 1 saturated heterocycles. The zero-order valence-corrected chi connectivity index (χ0v) is 9.87. The minimum atomic E-state index is 0.184. The van der Waals surface area contributed by atoms with Crippen LogP contribution in [0.25, 0.3) is 0 Å². The van der Waals surface area contributed by atoms with Crippen LogP contribution in [0.1, 0.15) is 36.7 Å². The Morgan fingerprint density at radius 2 is 2.47 bits per heavy atom. The fourth-order valence-electron chi connectivity index (χ4n) is 2.23. The van der Waals surface area contributed by atoms with Gasteiger partial charge in [0.05, 0.1) is 18.8 Å².